The van der Waals surface area contributed by atoms with Gasteiger partial charge in [0.1, 0.15) is 5.60 Å². The summed E-state index contributed by atoms with van der Waals surface area (Å²) in [6.45, 7) is 2.96. The van der Waals surface area contributed by atoms with Gasteiger partial charge in [-0.05, 0) is 20.8 Å². The van der Waals surface area contributed by atoms with Crippen LogP contribution in [0.1, 0.15) is 20.8 Å². The van der Waals surface area contributed by atoms with Gasteiger partial charge in [0, 0.05) is 0 Å². The van der Waals surface area contributed by atoms with Gasteiger partial charge in [-0.3, -0.25) is 0 Å². The van der Waals surface area contributed by atoms with Gasteiger partial charge in [0.05, 0.1) is 0 Å². The minimum absolute atomic E-state index is 0.986. The molecule has 0 aromatic heterocycles. The molecule has 0 aromatic carbocycles. The van der Waals surface area contributed by atoms with E-state index in [1.54, 1.807) is 0 Å². The molecule has 0 bridgehead atoms. The van der Waals surface area contributed by atoms with Crippen molar-refractivity contribution in [3.8, 4) is 0 Å². The minimum atomic E-state index is -6.20. The third-order valence-corrected chi connectivity index (χ3v) is 4.21. The minimum Gasteiger partial charge on any atom is -0.456 e. The van der Waals surface area contributed by atoms with Gasteiger partial charge < -0.3 is 91.5 Å². The van der Waals surface area contributed by atoms with Crippen LogP contribution in [0.3, 0.4) is 0 Å². The number of carbonyl (C=O) groups is 1. The van der Waals surface area contributed by atoms with E-state index < -0.39 is 58.1 Å². The van der Waals surface area contributed by atoms with Crippen LogP contribution in [0.4, 0.5) is 0 Å². The lowest BCUT2D eigenvalue weighted by atomic mass is 9.61. The van der Waals surface area contributed by atoms with Crippen molar-refractivity contribution < 1.29 is 96.3 Å². The smallest absolute Gasteiger partial charge is 0.370 e. The van der Waals surface area contributed by atoms with E-state index in [0.29, 0.717) is 0 Å². The Hall–Kier alpha value is -1.21. The molecule has 1 unspecified atom stereocenters. The van der Waals surface area contributed by atoms with Crippen LogP contribution in [-0.2, 0) is 9.53 Å². The Balaban J connectivity index is 7.79. The highest BCUT2D eigenvalue weighted by Crippen LogP contribution is 2.58. The average molecular weight is 486 g/mol. The lowest BCUT2D eigenvalue weighted by molar-refractivity contribution is -0.634. The highest BCUT2D eigenvalue weighted by molar-refractivity contribution is 5.80. The maximum absolute atomic E-state index is 12.1. The molecule has 0 heterocycles. The van der Waals surface area contributed by atoms with E-state index in [9.17, 15) is 91.6 Å². The lowest BCUT2D eigenvalue weighted by Crippen LogP contribution is -2.92. The van der Waals surface area contributed by atoms with Gasteiger partial charge >= 0.3 is 35.6 Å². The van der Waals surface area contributed by atoms with Gasteiger partial charge in [0.25, 0.3) is 11.0 Å². The van der Waals surface area contributed by atoms with Gasteiger partial charge in [-0.1, -0.05) is 0 Å². The lowest BCUT2D eigenvalue weighted by Gasteiger charge is -2.59. The van der Waals surface area contributed by atoms with Gasteiger partial charge in [0.15, 0.2) is 0 Å². The van der Waals surface area contributed by atoms with E-state index in [0.717, 1.165) is 20.8 Å². The summed E-state index contributed by atoms with van der Waals surface area (Å²) in [4.78, 5) is 12.1. The number of ether oxygens (including phenoxy) is 1. The summed E-state index contributed by atoms with van der Waals surface area (Å²) in [6.07, 6.45) is 0. The molecular weight excluding hydrogens is 460 g/mol. The first kappa shape index (κ1) is 30.8. The molecule has 0 amide bonds. The van der Waals surface area contributed by atoms with Crippen LogP contribution >= 0.6 is 0 Å². The molecule has 0 spiro atoms. The zero-order valence-electron chi connectivity index (χ0n) is 16.4. The second-order valence-electron chi connectivity index (χ2n) is 7.85. The number of aliphatic hydroxyl groups is 17. The molecular formula is C13H26O19. The molecule has 0 rings (SSSR count). The first-order chi connectivity index (χ1) is 13.4. The first-order valence-electron chi connectivity index (χ1n) is 7.91. The van der Waals surface area contributed by atoms with Crippen molar-refractivity contribution in [1.29, 1.82) is 0 Å². The molecule has 0 saturated heterocycles. The molecule has 0 aliphatic heterocycles. The molecule has 0 aliphatic rings. The predicted molar refractivity (Wildman–Crippen MR) is 85.1 cm³/mol. The summed E-state index contributed by atoms with van der Waals surface area (Å²) in [7, 11) is 0. The Labute approximate surface area is 176 Å². The van der Waals surface area contributed by atoms with Crippen LogP contribution in [0, 0.1) is 5.41 Å². The van der Waals surface area contributed by atoms with Crippen LogP contribution in [0.25, 0.3) is 0 Å². The van der Waals surface area contributed by atoms with Crippen LogP contribution < -0.4 is 0 Å². The standard InChI is InChI=1S/C13H26O19/c1-5(2,3)32-4(14)6(15,16)8(17,13(29,30)31)9(18,19)7(10(20,21)22,11(23,24)25)12(26,27)28/h15-31H,1-3H3. The average Bonchev–Trinajstić information content (AvgIpc) is 2.37. The summed E-state index contributed by atoms with van der Waals surface area (Å²) in [6, 6.07) is 0. The van der Waals surface area contributed by atoms with Crippen molar-refractivity contribution in [2.45, 2.75) is 67.4 Å². The van der Waals surface area contributed by atoms with Crippen LogP contribution in [0.5, 0.6) is 0 Å². The molecule has 19 nitrogen and oxygen atoms in total. The molecule has 0 aromatic rings. The quantitative estimate of drug-likeness (QED) is 0.112. The highest BCUT2D eigenvalue weighted by Gasteiger charge is 2.93. The summed E-state index contributed by atoms with van der Waals surface area (Å²) in [5.74, 6) is -37.2. The van der Waals surface area contributed by atoms with Crippen LogP contribution in [0.2, 0.25) is 0 Å². The highest BCUT2D eigenvalue weighted by atomic mass is 16.8. The van der Waals surface area contributed by atoms with Gasteiger partial charge in [-0.15, -0.1) is 0 Å². The Morgan fingerprint density at radius 1 is 0.531 bits per heavy atom. The van der Waals surface area contributed by atoms with E-state index in [1.807, 2.05) is 0 Å². The summed E-state index contributed by atoms with van der Waals surface area (Å²) in [5, 5.41) is 163. The number of esters is 1. The maximum Gasteiger partial charge on any atom is 0.370 e. The molecule has 17 N–H and O–H groups in total. The molecule has 0 saturated carbocycles. The molecule has 32 heavy (non-hydrogen) atoms. The molecule has 192 valence electrons. The molecule has 0 aliphatic carbocycles. The van der Waals surface area contributed by atoms with Crippen molar-refractivity contribution in [3.63, 3.8) is 0 Å². The topological polar surface area (TPSA) is 370 Å². The van der Waals surface area contributed by atoms with Crippen molar-refractivity contribution >= 4 is 5.97 Å². The molecule has 0 radical (unpaired) electrons. The van der Waals surface area contributed by atoms with Gasteiger partial charge in [0.2, 0.25) is 5.79 Å². The SMILES string of the molecule is CC(C)(C)OC(=O)C(O)(O)C(O)(C(O)(O)O)C(O)(O)C(C(O)(O)O)(C(O)(O)O)C(O)(O)O. The number of rotatable bonds is 8. The fourth-order valence-corrected chi connectivity index (χ4v) is 2.86. The van der Waals surface area contributed by atoms with Crippen molar-refractivity contribution in [2.75, 3.05) is 0 Å². The van der Waals surface area contributed by atoms with Crippen LogP contribution in [-0.4, -0.2) is 139 Å². The third-order valence-electron chi connectivity index (χ3n) is 4.21. The largest absolute Gasteiger partial charge is 0.456 e. The molecule has 0 fully saturated rings. The summed E-state index contributed by atoms with van der Waals surface area (Å²) in [5.41, 5.74) is -13.8. The van der Waals surface area contributed by atoms with E-state index >= 15 is 0 Å². The van der Waals surface area contributed by atoms with Crippen LogP contribution in [0.15, 0.2) is 0 Å². The zero-order chi connectivity index (χ0) is 26.8. The number of carbonyl (C=O) groups excluding carboxylic acids is 1. The predicted octanol–water partition coefficient (Wildman–Crippen LogP) is -10.1. The monoisotopic (exact) mass is 486 g/mol. The Morgan fingerprint density at radius 2 is 0.812 bits per heavy atom. The number of hydrogen-bond donors (Lipinski definition) is 17. The summed E-state index contributed by atoms with van der Waals surface area (Å²) < 4.78 is 4.29. The summed E-state index contributed by atoms with van der Waals surface area (Å²) >= 11 is 0. The maximum atomic E-state index is 12.1. The fraction of sp³-hybridized carbons (Fsp3) is 0.923. The van der Waals surface area contributed by atoms with E-state index in [2.05, 4.69) is 4.74 Å². The number of hydrogen-bond acceptors (Lipinski definition) is 19. The van der Waals surface area contributed by atoms with Crippen molar-refractivity contribution in [2.24, 2.45) is 5.41 Å². The van der Waals surface area contributed by atoms with Crippen molar-refractivity contribution in [1.82, 2.24) is 0 Å². The van der Waals surface area contributed by atoms with E-state index in [4.69, 9.17) is 0 Å². The Bertz CT molecular complexity index is 657. The van der Waals surface area contributed by atoms with Crippen molar-refractivity contribution in [3.05, 3.63) is 0 Å². The first-order valence-corrected chi connectivity index (χ1v) is 7.91. The second kappa shape index (κ2) is 7.66. The van der Waals surface area contributed by atoms with E-state index in [1.165, 1.54) is 0 Å². The Kier molecular flexibility index (Phi) is 7.37. The second-order valence-corrected chi connectivity index (χ2v) is 7.85. The normalized spacial score (nSPS) is 17.8. The molecule has 1 atom stereocenters. The third kappa shape index (κ3) is 4.20. The van der Waals surface area contributed by atoms with Gasteiger partial charge in [-0.25, -0.2) is 4.79 Å². The fourth-order valence-electron chi connectivity index (χ4n) is 2.86. The van der Waals surface area contributed by atoms with E-state index in [-0.39, 0.29) is 0 Å². The van der Waals surface area contributed by atoms with Gasteiger partial charge in [-0.2, -0.15) is 0 Å². The zero-order valence-corrected chi connectivity index (χ0v) is 16.4. The molecule has 19 heteroatoms. The Morgan fingerprint density at radius 3 is 1.00 bits per heavy atom.